The maximum atomic E-state index is 12.8. The molecule has 0 spiro atoms. The minimum atomic E-state index is 0.0225. The summed E-state index contributed by atoms with van der Waals surface area (Å²) in [5, 5.41) is 24.9. The Balaban J connectivity index is 4.96. The molecule has 0 unspecified atom stereocenters. The summed E-state index contributed by atoms with van der Waals surface area (Å²) in [5.74, 6) is 0.0851. The molecule has 8 nitrogen and oxygen atoms in total. The van der Waals surface area contributed by atoms with Crippen LogP contribution in [0.15, 0.2) is 0 Å². The summed E-state index contributed by atoms with van der Waals surface area (Å²) < 4.78 is 0. The van der Waals surface area contributed by atoms with E-state index in [-0.39, 0.29) is 46.7 Å². The van der Waals surface area contributed by atoms with Crippen molar-refractivity contribution in [3.8, 4) is 0 Å². The first kappa shape index (κ1) is 38.8. The number of amides is 2. The Hall–Kier alpha value is -1.22. The average molecular weight is 571 g/mol. The summed E-state index contributed by atoms with van der Waals surface area (Å²) in [6.45, 7) is 27.4. The van der Waals surface area contributed by atoms with Crippen LogP contribution in [0.25, 0.3) is 0 Å². The van der Waals surface area contributed by atoms with Gasteiger partial charge in [-0.15, -0.1) is 0 Å². The van der Waals surface area contributed by atoms with E-state index >= 15 is 0 Å². The highest BCUT2D eigenvalue weighted by molar-refractivity contribution is 5.76. The number of aliphatic hydroxyl groups excluding tert-OH is 2. The van der Waals surface area contributed by atoms with E-state index in [1.807, 2.05) is 4.90 Å². The van der Waals surface area contributed by atoms with Crippen molar-refractivity contribution < 1.29 is 19.8 Å². The molecule has 0 bridgehead atoms. The maximum absolute atomic E-state index is 12.8. The van der Waals surface area contributed by atoms with Gasteiger partial charge in [0.2, 0.25) is 11.8 Å². The van der Waals surface area contributed by atoms with Gasteiger partial charge in [0, 0.05) is 52.1 Å². The molecule has 2 amide bonds. The first-order valence-electron chi connectivity index (χ1n) is 15.5. The lowest BCUT2D eigenvalue weighted by molar-refractivity contribution is -0.122. The number of hydrogen-bond donors (Lipinski definition) is 4. The van der Waals surface area contributed by atoms with Crippen molar-refractivity contribution in [2.24, 2.45) is 21.7 Å². The molecule has 0 atom stereocenters. The van der Waals surface area contributed by atoms with Gasteiger partial charge in [0.15, 0.2) is 0 Å². The molecule has 0 radical (unpaired) electrons. The van der Waals surface area contributed by atoms with Gasteiger partial charge < -0.3 is 25.7 Å². The predicted octanol–water partition coefficient (Wildman–Crippen LogP) is 4.29. The van der Waals surface area contributed by atoms with Crippen molar-refractivity contribution in [2.75, 3.05) is 65.6 Å². The molecular formula is C32H66N4O4. The summed E-state index contributed by atoms with van der Waals surface area (Å²) in [5.41, 5.74) is 0.492. The molecule has 8 heteroatoms. The Kier molecular flexibility index (Phi) is 17.8. The van der Waals surface area contributed by atoms with E-state index in [1.54, 1.807) is 0 Å². The highest BCUT2D eigenvalue weighted by atomic mass is 16.3. The van der Waals surface area contributed by atoms with Gasteiger partial charge in [-0.25, -0.2) is 0 Å². The van der Waals surface area contributed by atoms with E-state index in [9.17, 15) is 19.8 Å². The first-order chi connectivity index (χ1) is 18.3. The van der Waals surface area contributed by atoms with E-state index in [2.05, 4.69) is 84.8 Å². The second kappa shape index (κ2) is 18.3. The Morgan fingerprint density at radius 2 is 1.00 bits per heavy atom. The maximum Gasteiger partial charge on any atom is 0.221 e. The van der Waals surface area contributed by atoms with Crippen molar-refractivity contribution in [3.05, 3.63) is 0 Å². The number of carbonyl (C=O) groups excluding carboxylic acids is 2. The normalized spacial score (nSPS) is 13.2. The van der Waals surface area contributed by atoms with Gasteiger partial charge in [-0.05, 0) is 54.0 Å². The quantitative estimate of drug-likeness (QED) is 0.155. The molecule has 0 aliphatic carbocycles. The van der Waals surface area contributed by atoms with Gasteiger partial charge in [-0.3, -0.25) is 14.5 Å². The summed E-state index contributed by atoms with van der Waals surface area (Å²) in [6.07, 6.45) is 4.79. The summed E-state index contributed by atoms with van der Waals surface area (Å²) in [4.78, 5) is 29.7. The molecule has 0 saturated carbocycles. The smallest absolute Gasteiger partial charge is 0.221 e. The average Bonchev–Trinajstić information content (AvgIpc) is 2.81. The number of nitrogens with zero attached hydrogens (tertiary/aromatic N) is 2. The van der Waals surface area contributed by atoms with Crippen molar-refractivity contribution >= 4 is 11.8 Å². The van der Waals surface area contributed by atoms with Gasteiger partial charge in [-0.2, -0.15) is 0 Å². The Labute approximate surface area is 247 Å². The number of hydrogen-bond acceptors (Lipinski definition) is 6. The molecule has 0 aromatic rings. The summed E-state index contributed by atoms with van der Waals surface area (Å²) in [6, 6.07) is 0. The van der Waals surface area contributed by atoms with Crippen LogP contribution in [0.5, 0.6) is 0 Å². The number of nitrogens with one attached hydrogen (secondary N) is 2. The van der Waals surface area contributed by atoms with Crippen LogP contribution in [-0.4, -0.2) is 97.4 Å². The zero-order valence-corrected chi connectivity index (χ0v) is 27.9. The highest BCUT2D eigenvalue weighted by Crippen LogP contribution is 2.35. The third-order valence-electron chi connectivity index (χ3n) is 7.54. The van der Waals surface area contributed by atoms with Gasteiger partial charge in [-0.1, -0.05) is 75.7 Å². The Bertz CT molecular complexity index is 710. The lowest BCUT2D eigenvalue weighted by Gasteiger charge is -2.34. The zero-order valence-electron chi connectivity index (χ0n) is 27.9. The van der Waals surface area contributed by atoms with Crippen LogP contribution in [0, 0.1) is 21.7 Å². The molecule has 0 aromatic heterocycles. The van der Waals surface area contributed by atoms with Crippen LogP contribution in [-0.2, 0) is 9.59 Å². The van der Waals surface area contributed by atoms with Crippen molar-refractivity contribution in [1.82, 2.24) is 20.4 Å². The van der Waals surface area contributed by atoms with Crippen LogP contribution < -0.4 is 10.6 Å². The topological polar surface area (TPSA) is 105 Å². The second-order valence-electron chi connectivity index (χ2n) is 15.3. The van der Waals surface area contributed by atoms with Crippen LogP contribution in [0.1, 0.15) is 108 Å². The number of rotatable bonds is 22. The van der Waals surface area contributed by atoms with Crippen molar-refractivity contribution in [3.63, 3.8) is 0 Å². The summed E-state index contributed by atoms with van der Waals surface area (Å²) in [7, 11) is 0. The van der Waals surface area contributed by atoms with E-state index in [0.29, 0.717) is 52.1 Å². The number of aliphatic hydroxyl groups is 2. The van der Waals surface area contributed by atoms with Crippen LogP contribution in [0.4, 0.5) is 0 Å². The molecule has 0 saturated heterocycles. The van der Waals surface area contributed by atoms with E-state index in [0.717, 1.165) is 38.8 Å². The fraction of sp³-hybridized carbons (Fsp3) is 0.938. The third kappa shape index (κ3) is 20.6. The van der Waals surface area contributed by atoms with Gasteiger partial charge >= 0.3 is 0 Å². The monoisotopic (exact) mass is 571 g/mol. The molecule has 0 aromatic carbocycles. The molecule has 4 N–H and O–H groups in total. The third-order valence-corrected chi connectivity index (χ3v) is 7.54. The molecule has 238 valence electrons. The largest absolute Gasteiger partial charge is 0.395 e. The molecule has 0 rings (SSSR count). The SMILES string of the molecule is CCC(C)(C)CC(C)(C)CNC(=O)CCN(CCCN(CCO)CCO)CCC(=O)NCC(C)(C)CC(C)(C)C. The molecule has 0 heterocycles. The van der Waals surface area contributed by atoms with Gasteiger partial charge in [0.1, 0.15) is 0 Å². The fourth-order valence-corrected chi connectivity index (χ4v) is 5.82. The molecule has 0 fully saturated rings. The van der Waals surface area contributed by atoms with Crippen LogP contribution in [0.2, 0.25) is 0 Å². The van der Waals surface area contributed by atoms with Crippen molar-refractivity contribution in [1.29, 1.82) is 0 Å². The minimum Gasteiger partial charge on any atom is -0.395 e. The molecule has 0 aliphatic rings. The van der Waals surface area contributed by atoms with Crippen LogP contribution >= 0.6 is 0 Å². The standard InChI is InChI=1S/C32H66N4O4/c1-11-30(5,6)24-32(9,10)26-34-28(40)14-18-35(15-12-16-36(19-21-37)20-22-38)17-13-27(39)33-25-31(7,8)23-29(2,3)4/h37-38H,11-26H2,1-10H3,(H,33,39)(H,34,40). The van der Waals surface area contributed by atoms with Crippen molar-refractivity contribution in [2.45, 2.75) is 108 Å². The van der Waals surface area contributed by atoms with E-state index < -0.39 is 0 Å². The highest BCUT2D eigenvalue weighted by Gasteiger charge is 2.28. The predicted molar refractivity (Wildman–Crippen MR) is 167 cm³/mol. The molecular weight excluding hydrogens is 504 g/mol. The lowest BCUT2D eigenvalue weighted by Crippen LogP contribution is -2.40. The Morgan fingerprint density at radius 3 is 1.38 bits per heavy atom. The molecule has 40 heavy (non-hydrogen) atoms. The zero-order chi connectivity index (χ0) is 31.0. The van der Waals surface area contributed by atoms with Gasteiger partial charge in [0.05, 0.1) is 13.2 Å². The number of carbonyl (C=O) groups is 2. The minimum absolute atomic E-state index is 0.0225. The van der Waals surface area contributed by atoms with E-state index in [1.165, 1.54) is 0 Å². The molecule has 0 aliphatic heterocycles. The lowest BCUT2D eigenvalue weighted by atomic mass is 9.73. The van der Waals surface area contributed by atoms with E-state index in [4.69, 9.17) is 0 Å². The summed E-state index contributed by atoms with van der Waals surface area (Å²) >= 11 is 0. The fourth-order valence-electron chi connectivity index (χ4n) is 5.82. The second-order valence-corrected chi connectivity index (χ2v) is 15.3. The van der Waals surface area contributed by atoms with Gasteiger partial charge in [0.25, 0.3) is 0 Å². The first-order valence-corrected chi connectivity index (χ1v) is 15.5. The Morgan fingerprint density at radius 1 is 0.600 bits per heavy atom. The van der Waals surface area contributed by atoms with Crippen LogP contribution in [0.3, 0.4) is 0 Å².